The lowest BCUT2D eigenvalue weighted by Gasteiger charge is -2.28. The lowest BCUT2D eigenvalue weighted by molar-refractivity contribution is 0.0935. The number of rotatable bonds is 6. The Kier molecular flexibility index (Phi) is 6.53. The Morgan fingerprint density at radius 2 is 1.84 bits per heavy atom. The van der Waals surface area contributed by atoms with Gasteiger partial charge in [-0.25, -0.2) is 0 Å². The first-order chi connectivity index (χ1) is 15.4. The highest BCUT2D eigenvalue weighted by molar-refractivity contribution is 6.06. The van der Waals surface area contributed by atoms with Crippen LogP contribution in [0.5, 0.6) is 0 Å². The molecule has 1 aliphatic carbocycles. The van der Waals surface area contributed by atoms with Gasteiger partial charge in [-0.1, -0.05) is 18.2 Å². The molecule has 0 bridgehead atoms. The SMILES string of the molecule is Cc1[nH]ncc1C(=O)NCC1CCC(c2cc(C(=O)NC(C)C)c3ccccc3n2)CC1. The molecule has 0 atom stereocenters. The molecule has 2 amide bonds. The first-order valence-electron chi connectivity index (χ1n) is 11.4. The van der Waals surface area contributed by atoms with E-state index in [1.165, 1.54) is 0 Å². The number of carbonyl (C=O) groups excluding carboxylic acids is 2. The van der Waals surface area contributed by atoms with Crippen LogP contribution in [0.3, 0.4) is 0 Å². The summed E-state index contributed by atoms with van der Waals surface area (Å²) < 4.78 is 0. The maximum Gasteiger partial charge on any atom is 0.254 e. The molecule has 1 aliphatic rings. The van der Waals surface area contributed by atoms with E-state index in [0.29, 0.717) is 29.5 Å². The van der Waals surface area contributed by atoms with Crippen molar-refractivity contribution in [1.82, 2.24) is 25.8 Å². The second kappa shape index (κ2) is 9.51. The molecule has 0 aliphatic heterocycles. The summed E-state index contributed by atoms with van der Waals surface area (Å²) >= 11 is 0. The van der Waals surface area contributed by atoms with Crippen molar-refractivity contribution in [2.75, 3.05) is 6.54 Å². The van der Waals surface area contributed by atoms with E-state index in [-0.39, 0.29) is 17.9 Å². The summed E-state index contributed by atoms with van der Waals surface area (Å²) in [5, 5.41) is 13.7. The van der Waals surface area contributed by atoms with Gasteiger partial charge in [0.1, 0.15) is 0 Å². The highest BCUT2D eigenvalue weighted by Crippen LogP contribution is 2.36. The van der Waals surface area contributed by atoms with E-state index in [0.717, 1.165) is 48.0 Å². The fourth-order valence-corrected chi connectivity index (χ4v) is 4.51. The molecule has 1 saturated carbocycles. The Hall–Kier alpha value is -3.22. The second-order valence-corrected chi connectivity index (χ2v) is 9.08. The van der Waals surface area contributed by atoms with Crippen LogP contribution in [0.2, 0.25) is 0 Å². The summed E-state index contributed by atoms with van der Waals surface area (Å²) in [4.78, 5) is 30.1. The Morgan fingerprint density at radius 3 is 2.53 bits per heavy atom. The van der Waals surface area contributed by atoms with Crippen LogP contribution >= 0.6 is 0 Å². The molecule has 4 rings (SSSR count). The van der Waals surface area contributed by atoms with Crippen LogP contribution in [0.15, 0.2) is 36.5 Å². The summed E-state index contributed by atoms with van der Waals surface area (Å²) in [6, 6.07) is 9.90. The predicted octanol–water partition coefficient (Wildman–Crippen LogP) is 4.11. The van der Waals surface area contributed by atoms with Crippen molar-refractivity contribution in [1.29, 1.82) is 0 Å². The number of nitrogens with zero attached hydrogens (tertiary/aromatic N) is 2. The standard InChI is InChI=1S/C25H31N5O2/c1-15(2)28-25(32)20-12-23(29-22-7-5-4-6-19(20)22)18-10-8-17(9-11-18)13-26-24(31)21-14-27-30-16(21)3/h4-7,12,14-15,17-18H,8-11,13H2,1-3H3,(H,26,31)(H,27,30)(H,28,32). The van der Waals surface area contributed by atoms with Gasteiger partial charge in [0.05, 0.1) is 22.8 Å². The third-order valence-electron chi connectivity index (χ3n) is 6.29. The van der Waals surface area contributed by atoms with E-state index < -0.39 is 0 Å². The summed E-state index contributed by atoms with van der Waals surface area (Å²) in [6.45, 7) is 6.45. The Morgan fingerprint density at radius 1 is 1.09 bits per heavy atom. The highest BCUT2D eigenvalue weighted by atomic mass is 16.2. The van der Waals surface area contributed by atoms with Gasteiger partial charge in [-0.05, 0) is 64.5 Å². The van der Waals surface area contributed by atoms with Crippen molar-refractivity contribution < 1.29 is 9.59 Å². The maximum atomic E-state index is 12.8. The zero-order valence-corrected chi connectivity index (χ0v) is 18.9. The first-order valence-corrected chi connectivity index (χ1v) is 11.4. The number of carbonyl (C=O) groups is 2. The first kappa shape index (κ1) is 22.0. The molecule has 0 saturated heterocycles. The average molecular weight is 434 g/mol. The maximum absolute atomic E-state index is 12.8. The molecular formula is C25H31N5O2. The lowest BCUT2D eigenvalue weighted by Crippen LogP contribution is -2.31. The van der Waals surface area contributed by atoms with Crippen LogP contribution in [-0.4, -0.2) is 39.6 Å². The fraction of sp³-hybridized carbons (Fsp3) is 0.440. The molecule has 0 unspecified atom stereocenters. The van der Waals surface area contributed by atoms with Gasteiger partial charge >= 0.3 is 0 Å². The minimum absolute atomic E-state index is 0.0502. The van der Waals surface area contributed by atoms with Crippen LogP contribution in [-0.2, 0) is 0 Å². The van der Waals surface area contributed by atoms with E-state index in [1.54, 1.807) is 6.20 Å². The zero-order valence-electron chi connectivity index (χ0n) is 18.9. The normalized spacial score (nSPS) is 18.6. The van der Waals surface area contributed by atoms with Gasteiger partial charge in [-0.3, -0.25) is 19.7 Å². The lowest BCUT2D eigenvalue weighted by atomic mass is 9.80. The van der Waals surface area contributed by atoms with Crippen molar-refractivity contribution in [3.63, 3.8) is 0 Å². The van der Waals surface area contributed by atoms with E-state index in [9.17, 15) is 9.59 Å². The number of aromatic nitrogens is 3. The zero-order chi connectivity index (χ0) is 22.7. The number of fused-ring (bicyclic) bond motifs is 1. The summed E-state index contributed by atoms with van der Waals surface area (Å²) in [7, 11) is 0. The van der Waals surface area contributed by atoms with Crippen LogP contribution in [0.25, 0.3) is 10.9 Å². The van der Waals surface area contributed by atoms with Gasteiger partial charge in [0.15, 0.2) is 0 Å². The molecule has 7 nitrogen and oxygen atoms in total. The fourth-order valence-electron chi connectivity index (χ4n) is 4.51. The monoisotopic (exact) mass is 433 g/mol. The molecule has 168 valence electrons. The molecule has 2 aromatic heterocycles. The average Bonchev–Trinajstić information content (AvgIpc) is 3.22. The van der Waals surface area contributed by atoms with E-state index in [4.69, 9.17) is 4.98 Å². The second-order valence-electron chi connectivity index (χ2n) is 9.08. The third kappa shape index (κ3) is 4.82. The number of para-hydroxylation sites is 1. The van der Waals surface area contributed by atoms with Crippen LogP contribution in [0.1, 0.15) is 77.6 Å². The van der Waals surface area contributed by atoms with Crippen molar-refractivity contribution in [2.45, 2.75) is 58.4 Å². The van der Waals surface area contributed by atoms with Gasteiger partial charge in [0.2, 0.25) is 0 Å². The summed E-state index contributed by atoms with van der Waals surface area (Å²) in [6.07, 6.45) is 5.62. The number of aromatic amines is 1. The predicted molar refractivity (Wildman–Crippen MR) is 125 cm³/mol. The van der Waals surface area contributed by atoms with Crippen molar-refractivity contribution in [3.05, 3.63) is 59.0 Å². The molecule has 3 N–H and O–H groups in total. The third-order valence-corrected chi connectivity index (χ3v) is 6.29. The highest BCUT2D eigenvalue weighted by Gasteiger charge is 2.25. The molecule has 3 aromatic rings. The number of H-pyrrole nitrogens is 1. The topological polar surface area (TPSA) is 99.8 Å². The van der Waals surface area contributed by atoms with Crippen LogP contribution in [0.4, 0.5) is 0 Å². The minimum atomic E-state index is -0.0737. The van der Waals surface area contributed by atoms with Gasteiger partial charge in [-0.15, -0.1) is 0 Å². The van der Waals surface area contributed by atoms with Crippen molar-refractivity contribution in [3.8, 4) is 0 Å². The summed E-state index contributed by atoms with van der Waals surface area (Å²) in [5.41, 5.74) is 3.94. The summed E-state index contributed by atoms with van der Waals surface area (Å²) in [5.74, 6) is 0.654. The Balaban J connectivity index is 1.43. The molecule has 7 heteroatoms. The number of pyridine rings is 1. The van der Waals surface area contributed by atoms with Crippen LogP contribution in [0, 0.1) is 12.8 Å². The van der Waals surface area contributed by atoms with Gasteiger partial charge < -0.3 is 10.6 Å². The Labute approximate surface area is 188 Å². The quantitative estimate of drug-likeness (QED) is 0.545. The molecule has 1 fully saturated rings. The Bertz CT molecular complexity index is 1110. The number of hydrogen-bond acceptors (Lipinski definition) is 4. The van der Waals surface area contributed by atoms with E-state index >= 15 is 0 Å². The number of hydrogen-bond donors (Lipinski definition) is 3. The molecule has 0 radical (unpaired) electrons. The van der Waals surface area contributed by atoms with Gasteiger partial charge in [0, 0.05) is 35.3 Å². The molecule has 2 heterocycles. The molecule has 0 spiro atoms. The smallest absolute Gasteiger partial charge is 0.254 e. The molecule has 1 aromatic carbocycles. The molecular weight excluding hydrogens is 402 g/mol. The molecule has 32 heavy (non-hydrogen) atoms. The van der Waals surface area contributed by atoms with E-state index in [2.05, 4.69) is 20.8 Å². The van der Waals surface area contributed by atoms with Crippen molar-refractivity contribution >= 4 is 22.7 Å². The minimum Gasteiger partial charge on any atom is -0.352 e. The van der Waals surface area contributed by atoms with Gasteiger partial charge in [-0.2, -0.15) is 5.10 Å². The van der Waals surface area contributed by atoms with Crippen LogP contribution < -0.4 is 10.6 Å². The van der Waals surface area contributed by atoms with Crippen molar-refractivity contribution in [2.24, 2.45) is 5.92 Å². The largest absolute Gasteiger partial charge is 0.352 e. The number of benzene rings is 1. The van der Waals surface area contributed by atoms with E-state index in [1.807, 2.05) is 51.1 Å². The number of aryl methyl sites for hydroxylation is 1. The number of amides is 2. The van der Waals surface area contributed by atoms with Gasteiger partial charge in [0.25, 0.3) is 11.8 Å². The number of nitrogens with one attached hydrogen (secondary N) is 3.